The number of methoxy groups -OCH3 is 1. The number of nitrogens with one attached hydrogen (secondary N) is 1. The maximum absolute atomic E-state index is 12.7. The highest BCUT2D eigenvalue weighted by molar-refractivity contribution is 7.18. The number of aromatic nitrogens is 2. The van der Waals surface area contributed by atoms with Crippen LogP contribution in [0.1, 0.15) is 55.6 Å². The van der Waals surface area contributed by atoms with E-state index in [1.54, 1.807) is 13.0 Å². The molecule has 0 aromatic carbocycles. The first-order valence-electron chi connectivity index (χ1n) is 11.4. The predicted molar refractivity (Wildman–Crippen MR) is 132 cm³/mol. The Morgan fingerprint density at radius 2 is 2.25 bits per heavy atom. The molecule has 10 nitrogen and oxygen atoms in total. The monoisotopic (exact) mass is 525 g/mol. The summed E-state index contributed by atoms with van der Waals surface area (Å²) in [4.78, 5) is 29.3. The second-order valence-electron chi connectivity index (χ2n) is 8.56. The van der Waals surface area contributed by atoms with Gasteiger partial charge in [0.05, 0.1) is 12.7 Å². The maximum Gasteiger partial charge on any atom is 0.379 e. The zero-order valence-electron chi connectivity index (χ0n) is 20.3. The molecule has 2 heterocycles. The molecule has 0 bridgehead atoms. The topological polar surface area (TPSA) is 142 Å². The van der Waals surface area contributed by atoms with Crippen molar-refractivity contribution in [2.24, 2.45) is 16.6 Å². The van der Waals surface area contributed by atoms with Crippen molar-refractivity contribution in [1.29, 1.82) is 0 Å². The molecule has 2 aromatic rings. The van der Waals surface area contributed by atoms with Crippen LogP contribution in [-0.2, 0) is 11.2 Å². The van der Waals surface area contributed by atoms with Crippen LogP contribution >= 0.6 is 11.3 Å². The highest BCUT2D eigenvalue weighted by Gasteiger charge is 2.43. The van der Waals surface area contributed by atoms with Gasteiger partial charge in [0.1, 0.15) is 6.61 Å². The summed E-state index contributed by atoms with van der Waals surface area (Å²) >= 11 is 1.04. The fourth-order valence-electron chi connectivity index (χ4n) is 4.03. The molecule has 1 saturated carbocycles. The molecule has 13 heteroatoms. The number of hydrogen-bond acceptors (Lipinski definition) is 10. The normalized spacial score (nSPS) is 20.1. The smallest absolute Gasteiger partial charge is 0.379 e. The number of ether oxygens (including phenoxy) is 2. The van der Waals surface area contributed by atoms with Crippen LogP contribution in [0, 0.1) is 5.92 Å². The van der Waals surface area contributed by atoms with E-state index in [9.17, 15) is 18.4 Å². The van der Waals surface area contributed by atoms with Crippen LogP contribution in [0.2, 0.25) is 0 Å². The van der Waals surface area contributed by atoms with Crippen molar-refractivity contribution >= 4 is 33.2 Å². The highest BCUT2D eigenvalue weighted by atomic mass is 32.1. The lowest BCUT2D eigenvalue weighted by Crippen LogP contribution is -2.47. The fraction of sp³-hybridized carbons (Fsp3) is 0.522. The van der Waals surface area contributed by atoms with E-state index < -0.39 is 30.2 Å². The molecule has 1 aliphatic carbocycles. The van der Waals surface area contributed by atoms with Crippen LogP contribution in [-0.4, -0.2) is 47.6 Å². The molecule has 196 valence electrons. The molecule has 0 radical (unpaired) electrons. The molecule has 2 atom stereocenters. The third-order valence-corrected chi connectivity index (χ3v) is 6.78. The summed E-state index contributed by atoms with van der Waals surface area (Å²) in [5, 5.41) is 10.8. The molecule has 36 heavy (non-hydrogen) atoms. The number of nitrogens with two attached hydrogens (primary N) is 1. The SMILES string of the molecule is COc1c(CCC[C@H]2CC[C@@]2(C)OCC(F)F)cc(C(=O)Nc2nnc(/N=C(C)/C=C\N)s2)oc1=O. The molecule has 0 spiro atoms. The molecular weight excluding hydrogens is 496 g/mol. The molecular formula is C23H29F2N5O5S. The van der Waals surface area contributed by atoms with Crippen molar-refractivity contribution in [2.45, 2.75) is 58.0 Å². The molecule has 1 amide bonds. The summed E-state index contributed by atoms with van der Waals surface area (Å²) in [5.74, 6) is -0.712. The minimum absolute atomic E-state index is 0.0212. The summed E-state index contributed by atoms with van der Waals surface area (Å²) in [6.45, 7) is 3.01. The lowest BCUT2D eigenvalue weighted by molar-refractivity contribution is -0.158. The van der Waals surface area contributed by atoms with Crippen molar-refractivity contribution in [2.75, 3.05) is 19.0 Å². The number of carbonyl (C=O) groups excluding carboxylic acids is 1. The molecule has 0 aliphatic heterocycles. The van der Waals surface area contributed by atoms with Crippen LogP contribution in [0.3, 0.4) is 0 Å². The second kappa shape index (κ2) is 12.2. The molecule has 0 saturated heterocycles. The summed E-state index contributed by atoms with van der Waals surface area (Å²) in [7, 11) is 1.35. The van der Waals surface area contributed by atoms with Crippen molar-refractivity contribution in [1.82, 2.24) is 10.2 Å². The Hall–Kier alpha value is -3.19. The number of aryl methyl sites for hydroxylation is 1. The average Bonchev–Trinajstić information content (AvgIpc) is 3.25. The summed E-state index contributed by atoms with van der Waals surface area (Å²) in [5.41, 5.74) is 5.11. The zero-order valence-corrected chi connectivity index (χ0v) is 21.1. The lowest BCUT2D eigenvalue weighted by atomic mass is 9.68. The van der Waals surface area contributed by atoms with Crippen molar-refractivity contribution in [3.8, 4) is 5.75 Å². The minimum Gasteiger partial charge on any atom is -0.490 e. The molecule has 2 aromatic heterocycles. The van der Waals surface area contributed by atoms with Gasteiger partial charge in [-0.15, -0.1) is 10.2 Å². The van der Waals surface area contributed by atoms with Crippen molar-refractivity contribution in [3.05, 3.63) is 40.1 Å². The first-order valence-corrected chi connectivity index (χ1v) is 12.2. The number of amides is 1. The molecule has 3 rings (SSSR count). The van der Waals surface area contributed by atoms with Gasteiger partial charge in [0.15, 0.2) is 5.76 Å². The molecule has 0 unspecified atom stereocenters. The fourth-order valence-corrected chi connectivity index (χ4v) is 4.70. The van der Waals surface area contributed by atoms with Gasteiger partial charge < -0.3 is 19.6 Å². The van der Waals surface area contributed by atoms with Gasteiger partial charge in [-0.05, 0) is 70.2 Å². The van der Waals surface area contributed by atoms with Crippen LogP contribution in [0.15, 0.2) is 32.5 Å². The minimum atomic E-state index is -2.50. The van der Waals surface area contributed by atoms with Gasteiger partial charge in [-0.2, -0.15) is 0 Å². The van der Waals surface area contributed by atoms with E-state index in [1.165, 1.54) is 19.4 Å². The Labute approximate surface area is 210 Å². The Morgan fingerprint density at radius 1 is 1.47 bits per heavy atom. The first kappa shape index (κ1) is 27.4. The van der Waals surface area contributed by atoms with E-state index in [0.717, 1.165) is 30.6 Å². The average molecular weight is 526 g/mol. The van der Waals surface area contributed by atoms with Crippen molar-refractivity contribution in [3.63, 3.8) is 0 Å². The van der Waals surface area contributed by atoms with E-state index in [-0.39, 0.29) is 22.6 Å². The molecule has 1 fully saturated rings. The predicted octanol–water partition coefficient (Wildman–Crippen LogP) is 4.09. The number of aliphatic imine (C=N–C) groups is 1. The number of anilines is 1. The third kappa shape index (κ3) is 6.94. The van der Waals surface area contributed by atoms with E-state index in [2.05, 4.69) is 20.5 Å². The number of nitrogens with zero attached hydrogens (tertiary/aromatic N) is 3. The van der Waals surface area contributed by atoms with Gasteiger partial charge in [0, 0.05) is 11.3 Å². The maximum atomic E-state index is 12.7. The van der Waals surface area contributed by atoms with Gasteiger partial charge >= 0.3 is 5.63 Å². The number of alkyl halides is 2. The Bertz CT molecular complexity index is 1180. The standard InChI is InChI=1S/C23H29F2N5O5S/c1-13(8-10-26)27-21-29-30-22(36-21)28-19(31)16-11-14(18(33-3)20(32)35-16)5-4-6-15-7-9-23(15,2)34-12-17(24)25/h8,10-11,15,17H,4-7,9,12,26H2,1-3H3,(H,28,30,31)/b10-8-,27-13+/t15-,23+/m0/s1. The van der Waals surface area contributed by atoms with Crippen LogP contribution in [0.5, 0.6) is 5.75 Å². The largest absolute Gasteiger partial charge is 0.490 e. The number of allylic oxidation sites excluding steroid dienone is 1. The van der Waals surface area contributed by atoms with E-state index in [4.69, 9.17) is 19.6 Å². The van der Waals surface area contributed by atoms with Crippen LogP contribution in [0.4, 0.5) is 19.0 Å². The number of rotatable bonds is 12. The quantitative estimate of drug-likeness (QED) is 0.395. The van der Waals surface area contributed by atoms with Gasteiger partial charge in [-0.1, -0.05) is 11.3 Å². The van der Waals surface area contributed by atoms with Crippen molar-refractivity contribution < 1.29 is 27.5 Å². The van der Waals surface area contributed by atoms with Gasteiger partial charge in [0.2, 0.25) is 16.0 Å². The molecule has 3 N–H and O–H groups in total. The van der Waals surface area contributed by atoms with E-state index in [1.807, 2.05) is 6.92 Å². The van der Waals surface area contributed by atoms with Crippen LogP contribution in [0.25, 0.3) is 0 Å². The summed E-state index contributed by atoms with van der Waals surface area (Å²) in [6, 6.07) is 1.46. The highest BCUT2D eigenvalue weighted by Crippen LogP contribution is 2.44. The summed E-state index contributed by atoms with van der Waals surface area (Å²) in [6.07, 6.45) is 3.85. The first-order chi connectivity index (χ1) is 17.1. The van der Waals surface area contributed by atoms with E-state index >= 15 is 0 Å². The Balaban J connectivity index is 1.65. The second-order valence-corrected chi connectivity index (χ2v) is 9.51. The van der Waals surface area contributed by atoms with Gasteiger partial charge in [-0.25, -0.2) is 18.6 Å². The zero-order chi connectivity index (χ0) is 26.3. The molecule has 1 aliphatic rings. The van der Waals surface area contributed by atoms with Gasteiger partial charge in [-0.3, -0.25) is 10.1 Å². The third-order valence-electron chi connectivity index (χ3n) is 6.05. The number of hydrogen-bond donors (Lipinski definition) is 2. The van der Waals surface area contributed by atoms with Crippen LogP contribution < -0.4 is 21.4 Å². The van der Waals surface area contributed by atoms with Gasteiger partial charge in [0.25, 0.3) is 12.3 Å². The number of carbonyl (C=O) groups is 1. The summed E-state index contributed by atoms with van der Waals surface area (Å²) < 4.78 is 40.9. The number of halogens is 2. The lowest BCUT2D eigenvalue weighted by Gasteiger charge is -2.47. The van der Waals surface area contributed by atoms with E-state index in [0.29, 0.717) is 29.2 Å². The Kier molecular flexibility index (Phi) is 9.26. The Morgan fingerprint density at radius 3 is 2.89 bits per heavy atom.